The lowest BCUT2D eigenvalue weighted by atomic mass is 10.0. The Labute approximate surface area is 146 Å². The number of amides is 2. The van der Waals surface area contributed by atoms with Crippen LogP contribution in [0.1, 0.15) is 48.0 Å². The molecule has 25 heavy (non-hydrogen) atoms. The van der Waals surface area contributed by atoms with Gasteiger partial charge in [0.05, 0.1) is 6.10 Å². The standard InChI is InChI=1S/C19H22N2O4/c1-11-5-8-15(18(23)20-11)21-10-12-9-13(6-7-14(12)19(21)24)25-17-4-2-3-16(17)22/h6-7,9,15-17,22H,1-5,8,10H2,(H,20,23)/t15?,16-,17-/m1/s1. The second-order valence-electron chi connectivity index (χ2n) is 7.05. The van der Waals surface area contributed by atoms with E-state index in [4.69, 9.17) is 4.74 Å². The number of hydrogen-bond donors (Lipinski definition) is 2. The highest BCUT2D eigenvalue weighted by Crippen LogP contribution is 2.32. The Bertz CT molecular complexity index is 745. The van der Waals surface area contributed by atoms with Crippen LogP contribution in [0.3, 0.4) is 0 Å². The number of allylic oxidation sites excluding steroid dienone is 1. The number of nitrogens with one attached hydrogen (secondary N) is 1. The average molecular weight is 342 g/mol. The Balaban J connectivity index is 1.51. The van der Waals surface area contributed by atoms with Gasteiger partial charge in [0.25, 0.3) is 5.91 Å². The highest BCUT2D eigenvalue weighted by molar-refractivity contribution is 6.01. The Kier molecular flexibility index (Phi) is 4.00. The zero-order valence-corrected chi connectivity index (χ0v) is 14.0. The maximum Gasteiger partial charge on any atom is 0.255 e. The number of piperidine rings is 1. The van der Waals surface area contributed by atoms with Gasteiger partial charge in [-0.1, -0.05) is 6.58 Å². The van der Waals surface area contributed by atoms with E-state index in [1.165, 1.54) is 0 Å². The maximum absolute atomic E-state index is 12.7. The van der Waals surface area contributed by atoms with Gasteiger partial charge in [-0.15, -0.1) is 0 Å². The average Bonchev–Trinajstić information content (AvgIpc) is 3.12. The van der Waals surface area contributed by atoms with Gasteiger partial charge in [-0.25, -0.2) is 0 Å². The van der Waals surface area contributed by atoms with Gasteiger partial charge in [-0.3, -0.25) is 9.59 Å². The summed E-state index contributed by atoms with van der Waals surface area (Å²) >= 11 is 0. The van der Waals surface area contributed by atoms with Crippen LogP contribution in [0.4, 0.5) is 0 Å². The third-order valence-electron chi connectivity index (χ3n) is 5.31. The molecule has 132 valence electrons. The fourth-order valence-electron chi connectivity index (χ4n) is 3.92. The maximum atomic E-state index is 12.7. The number of benzene rings is 1. The molecular formula is C19H22N2O4. The second kappa shape index (κ2) is 6.19. The van der Waals surface area contributed by atoms with Crippen LogP contribution >= 0.6 is 0 Å². The first-order valence-corrected chi connectivity index (χ1v) is 8.80. The highest BCUT2D eigenvalue weighted by Gasteiger charge is 2.38. The molecule has 0 aromatic heterocycles. The molecular weight excluding hydrogens is 320 g/mol. The number of fused-ring (bicyclic) bond motifs is 1. The zero-order chi connectivity index (χ0) is 17.6. The van der Waals surface area contributed by atoms with Crippen LogP contribution in [0.25, 0.3) is 0 Å². The van der Waals surface area contributed by atoms with Gasteiger partial charge >= 0.3 is 0 Å². The van der Waals surface area contributed by atoms with Gasteiger partial charge in [-0.05, 0) is 55.9 Å². The first-order valence-electron chi connectivity index (χ1n) is 8.80. The number of hydrogen-bond acceptors (Lipinski definition) is 4. The fourth-order valence-corrected chi connectivity index (χ4v) is 3.92. The Hall–Kier alpha value is -2.34. The van der Waals surface area contributed by atoms with Crippen molar-refractivity contribution in [1.29, 1.82) is 0 Å². The first kappa shape index (κ1) is 16.1. The molecule has 6 heteroatoms. The molecule has 3 aliphatic rings. The lowest BCUT2D eigenvalue weighted by molar-refractivity contribution is -0.126. The van der Waals surface area contributed by atoms with Crippen LogP contribution in [0.15, 0.2) is 30.5 Å². The van der Waals surface area contributed by atoms with Crippen molar-refractivity contribution >= 4 is 11.8 Å². The molecule has 1 aromatic carbocycles. The van der Waals surface area contributed by atoms with Crippen molar-refractivity contribution < 1.29 is 19.4 Å². The first-order chi connectivity index (χ1) is 12.0. The number of carbonyl (C=O) groups is 2. The van der Waals surface area contributed by atoms with Gasteiger partial charge in [0.2, 0.25) is 5.91 Å². The predicted molar refractivity (Wildman–Crippen MR) is 90.9 cm³/mol. The Morgan fingerprint density at radius 2 is 2.08 bits per heavy atom. The minimum absolute atomic E-state index is 0.116. The normalized spacial score (nSPS) is 28.9. The zero-order valence-electron chi connectivity index (χ0n) is 14.0. The Morgan fingerprint density at radius 3 is 2.80 bits per heavy atom. The van der Waals surface area contributed by atoms with Crippen molar-refractivity contribution in [3.05, 3.63) is 41.6 Å². The highest BCUT2D eigenvalue weighted by atomic mass is 16.5. The summed E-state index contributed by atoms with van der Waals surface area (Å²) in [5.41, 5.74) is 2.19. The number of ether oxygens (including phenoxy) is 1. The van der Waals surface area contributed by atoms with Crippen molar-refractivity contribution in [1.82, 2.24) is 10.2 Å². The van der Waals surface area contributed by atoms with Crippen molar-refractivity contribution in [3.63, 3.8) is 0 Å². The predicted octanol–water partition coefficient (Wildman–Crippen LogP) is 1.73. The van der Waals surface area contributed by atoms with E-state index in [0.29, 0.717) is 36.4 Å². The lowest BCUT2D eigenvalue weighted by Gasteiger charge is -2.30. The molecule has 2 fully saturated rings. The summed E-state index contributed by atoms with van der Waals surface area (Å²) in [6, 6.07) is 4.94. The molecule has 1 unspecified atom stereocenters. The van der Waals surface area contributed by atoms with Crippen molar-refractivity contribution in [2.24, 2.45) is 0 Å². The molecule has 2 amide bonds. The summed E-state index contributed by atoms with van der Waals surface area (Å²) in [5, 5.41) is 12.6. The van der Waals surface area contributed by atoms with E-state index in [0.717, 1.165) is 24.8 Å². The number of aliphatic hydroxyl groups excluding tert-OH is 1. The summed E-state index contributed by atoms with van der Waals surface area (Å²) in [6.45, 7) is 4.18. The summed E-state index contributed by atoms with van der Waals surface area (Å²) in [6.07, 6.45) is 3.25. The largest absolute Gasteiger partial charge is 0.488 e. The van der Waals surface area contributed by atoms with E-state index < -0.39 is 12.1 Å². The molecule has 4 rings (SSSR count). The quantitative estimate of drug-likeness (QED) is 0.877. The van der Waals surface area contributed by atoms with Gasteiger partial charge in [-0.2, -0.15) is 0 Å². The molecule has 0 spiro atoms. The SMILES string of the molecule is C=C1CCC(N2Cc3cc(O[C@@H]4CCC[C@H]4O)ccc3C2=O)C(=O)N1. The minimum atomic E-state index is -0.452. The molecule has 2 N–H and O–H groups in total. The molecule has 1 saturated carbocycles. The molecule has 1 saturated heterocycles. The van der Waals surface area contributed by atoms with Crippen LogP contribution < -0.4 is 10.1 Å². The van der Waals surface area contributed by atoms with Crippen molar-refractivity contribution in [3.8, 4) is 5.75 Å². The third-order valence-corrected chi connectivity index (χ3v) is 5.31. The van der Waals surface area contributed by atoms with Crippen LogP contribution in [0.5, 0.6) is 5.75 Å². The molecule has 2 aliphatic heterocycles. The smallest absolute Gasteiger partial charge is 0.255 e. The monoisotopic (exact) mass is 342 g/mol. The topological polar surface area (TPSA) is 78.9 Å². The summed E-state index contributed by atoms with van der Waals surface area (Å²) < 4.78 is 5.89. The molecule has 3 atom stereocenters. The number of rotatable bonds is 3. The van der Waals surface area contributed by atoms with Crippen LogP contribution in [-0.4, -0.2) is 40.1 Å². The van der Waals surface area contributed by atoms with Gasteiger partial charge in [0, 0.05) is 17.8 Å². The van der Waals surface area contributed by atoms with Crippen LogP contribution in [0.2, 0.25) is 0 Å². The molecule has 1 aromatic rings. The summed E-state index contributed by atoms with van der Waals surface area (Å²) in [4.78, 5) is 26.5. The van der Waals surface area contributed by atoms with E-state index >= 15 is 0 Å². The van der Waals surface area contributed by atoms with E-state index in [2.05, 4.69) is 11.9 Å². The molecule has 1 aliphatic carbocycles. The van der Waals surface area contributed by atoms with Crippen LogP contribution in [0, 0.1) is 0 Å². The molecule has 0 bridgehead atoms. The van der Waals surface area contributed by atoms with Gasteiger partial charge < -0.3 is 20.1 Å². The molecule has 0 radical (unpaired) electrons. The van der Waals surface area contributed by atoms with E-state index in [1.54, 1.807) is 17.0 Å². The van der Waals surface area contributed by atoms with E-state index in [9.17, 15) is 14.7 Å². The lowest BCUT2D eigenvalue weighted by Crippen LogP contribution is -2.49. The Morgan fingerprint density at radius 1 is 1.24 bits per heavy atom. The van der Waals surface area contributed by atoms with Gasteiger partial charge in [0.1, 0.15) is 17.9 Å². The van der Waals surface area contributed by atoms with Crippen molar-refractivity contribution in [2.45, 2.75) is 56.9 Å². The minimum Gasteiger partial charge on any atom is -0.488 e. The number of aliphatic hydroxyl groups is 1. The number of carbonyl (C=O) groups excluding carboxylic acids is 2. The molecule has 2 heterocycles. The summed E-state index contributed by atoms with van der Waals surface area (Å²) in [5.74, 6) is 0.388. The fraction of sp³-hybridized carbons (Fsp3) is 0.474. The molecule has 6 nitrogen and oxygen atoms in total. The second-order valence-corrected chi connectivity index (χ2v) is 7.05. The van der Waals surface area contributed by atoms with E-state index in [1.807, 2.05) is 6.07 Å². The van der Waals surface area contributed by atoms with E-state index in [-0.39, 0.29) is 17.9 Å². The third kappa shape index (κ3) is 2.91. The number of nitrogens with zero attached hydrogens (tertiary/aromatic N) is 1. The van der Waals surface area contributed by atoms with Crippen molar-refractivity contribution in [2.75, 3.05) is 0 Å². The summed E-state index contributed by atoms with van der Waals surface area (Å²) in [7, 11) is 0. The van der Waals surface area contributed by atoms with Gasteiger partial charge in [0.15, 0.2) is 0 Å². The van der Waals surface area contributed by atoms with Crippen LogP contribution in [-0.2, 0) is 11.3 Å².